The van der Waals surface area contributed by atoms with Gasteiger partial charge in [-0.15, -0.1) is 0 Å². The number of benzene rings is 1. The Bertz CT molecular complexity index is 572. The van der Waals surface area contributed by atoms with Crippen molar-refractivity contribution < 1.29 is 23.8 Å². The van der Waals surface area contributed by atoms with Gasteiger partial charge in [-0.05, 0) is 19.3 Å². The van der Waals surface area contributed by atoms with Crippen LogP contribution in [0.3, 0.4) is 0 Å². The van der Waals surface area contributed by atoms with E-state index in [2.05, 4.69) is 0 Å². The third-order valence-corrected chi connectivity index (χ3v) is 3.79. The van der Waals surface area contributed by atoms with Crippen LogP contribution < -0.4 is 0 Å². The number of carbonyl (C=O) groups excluding carboxylic acids is 2. The average Bonchev–Trinajstić information content (AvgIpc) is 2.52. The van der Waals surface area contributed by atoms with Crippen molar-refractivity contribution in [2.24, 2.45) is 5.41 Å². The first kappa shape index (κ1) is 21.5. The molecule has 140 valence electrons. The smallest absolute Gasteiger partial charge is 0.188 e. The van der Waals surface area contributed by atoms with E-state index in [1.54, 1.807) is 38.5 Å². The summed E-state index contributed by atoms with van der Waals surface area (Å²) in [7, 11) is 3.22. The van der Waals surface area contributed by atoms with Gasteiger partial charge in [0.15, 0.2) is 11.6 Å². The lowest BCUT2D eigenvalue weighted by Gasteiger charge is -2.23. The molecule has 1 aromatic rings. The van der Waals surface area contributed by atoms with Crippen LogP contribution in [0.15, 0.2) is 24.3 Å². The van der Waals surface area contributed by atoms with E-state index in [1.807, 2.05) is 27.7 Å². The Hall–Kier alpha value is -1.56. The Labute approximate surface area is 150 Å². The van der Waals surface area contributed by atoms with Crippen molar-refractivity contribution in [2.45, 2.75) is 39.7 Å². The number of ketones is 2. The monoisotopic (exact) mass is 350 g/mol. The number of hydrogen-bond donors (Lipinski definition) is 0. The number of hydrogen-bond acceptors (Lipinski definition) is 5. The number of methoxy groups -OCH3 is 2. The number of carbonyl (C=O) groups is 2. The molecule has 0 amide bonds. The van der Waals surface area contributed by atoms with Gasteiger partial charge in [0, 0.05) is 31.8 Å². The summed E-state index contributed by atoms with van der Waals surface area (Å²) >= 11 is 0. The quantitative estimate of drug-likeness (QED) is 0.571. The summed E-state index contributed by atoms with van der Waals surface area (Å²) in [6.07, 6.45) is 0.391. The van der Waals surface area contributed by atoms with E-state index < -0.39 is 5.60 Å². The first-order valence-electron chi connectivity index (χ1n) is 8.38. The standard InChI is InChI=1S/C20H30O5/c1-19(2,13-23-5)11-17(21)15-7-9-16(10-8-15)18(22)12-25-20(3,4)14-24-6/h7-10H,11-14H2,1-6H3. The highest BCUT2D eigenvalue weighted by molar-refractivity contribution is 6.00. The van der Waals surface area contributed by atoms with Gasteiger partial charge in [0.05, 0.1) is 18.8 Å². The third kappa shape index (κ3) is 7.46. The molecule has 0 spiro atoms. The summed E-state index contributed by atoms with van der Waals surface area (Å²) in [4.78, 5) is 24.6. The van der Waals surface area contributed by atoms with Gasteiger partial charge in [-0.3, -0.25) is 9.59 Å². The Kier molecular flexibility index (Phi) is 7.93. The van der Waals surface area contributed by atoms with Gasteiger partial charge >= 0.3 is 0 Å². The van der Waals surface area contributed by atoms with Crippen LogP contribution in [0, 0.1) is 5.41 Å². The van der Waals surface area contributed by atoms with Crippen molar-refractivity contribution in [2.75, 3.05) is 34.0 Å². The van der Waals surface area contributed by atoms with E-state index in [1.165, 1.54) is 0 Å². The largest absolute Gasteiger partial charge is 0.384 e. The van der Waals surface area contributed by atoms with E-state index >= 15 is 0 Å². The highest BCUT2D eigenvalue weighted by Gasteiger charge is 2.23. The van der Waals surface area contributed by atoms with Gasteiger partial charge in [0.2, 0.25) is 0 Å². The lowest BCUT2D eigenvalue weighted by molar-refractivity contribution is -0.0561. The molecule has 5 nitrogen and oxygen atoms in total. The van der Waals surface area contributed by atoms with E-state index in [0.29, 0.717) is 30.8 Å². The molecule has 0 aliphatic rings. The van der Waals surface area contributed by atoms with Gasteiger partial charge in [-0.2, -0.15) is 0 Å². The number of ether oxygens (including phenoxy) is 3. The Morgan fingerprint density at radius 3 is 1.80 bits per heavy atom. The maximum Gasteiger partial charge on any atom is 0.188 e. The molecule has 1 rings (SSSR count). The van der Waals surface area contributed by atoms with Crippen LogP contribution in [-0.4, -0.2) is 51.2 Å². The van der Waals surface area contributed by atoms with Gasteiger partial charge in [-0.25, -0.2) is 0 Å². The molecule has 0 atom stereocenters. The molecule has 0 unspecified atom stereocenters. The second kappa shape index (κ2) is 9.22. The van der Waals surface area contributed by atoms with Crippen LogP contribution in [0.1, 0.15) is 54.8 Å². The Morgan fingerprint density at radius 1 is 0.840 bits per heavy atom. The van der Waals surface area contributed by atoms with Gasteiger partial charge in [0.25, 0.3) is 0 Å². The van der Waals surface area contributed by atoms with Crippen LogP contribution in [-0.2, 0) is 14.2 Å². The van der Waals surface area contributed by atoms with Crippen molar-refractivity contribution in [3.8, 4) is 0 Å². The van der Waals surface area contributed by atoms with Crippen LogP contribution >= 0.6 is 0 Å². The van der Waals surface area contributed by atoms with Gasteiger partial charge in [-0.1, -0.05) is 38.1 Å². The summed E-state index contributed by atoms with van der Waals surface area (Å²) in [5.74, 6) is -0.0820. The lowest BCUT2D eigenvalue weighted by atomic mass is 9.86. The molecular formula is C20H30O5. The van der Waals surface area contributed by atoms with Gasteiger partial charge < -0.3 is 14.2 Å². The fourth-order valence-corrected chi connectivity index (χ4v) is 2.55. The number of Topliss-reactive ketones (excluding diaryl/α,β-unsaturated/α-hetero) is 2. The molecule has 0 radical (unpaired) electrons. The Balaban J connectivity index is 2.66. The molecule has 1 aromatic carbocycles. The minimum atomic E-state index is -0.521. The number of rotatable bonds is 11. The predicted octanol–water partition coefficient (Wildman–Crippen LogP) is 3.56. The molecule has 25 heavy (non-hydrogen) atoms. The maximum atomic E-state index is 12.4. The van der Waals surface area contributed by atoms with E-state index in [0.717, 1.165) is 0 Å². The minimum Gasteiger partial charge on any atom is -0.384 e. The van der Waals surface area contributed by atoms with Crippen molar-refractivity contribution in [3.05, 3.63) is 35.4 Å². The van der Waals surface area contributed by atoms with Crippen molar-refractivity contribution in [3.63, 3.8) is 0 Å². The first-order valence-corrected chi connectivity index (χ1v) is 8.38. The van der Waals surface area contributed by atoms with E-state index in [9.17, 15) is 9.59 Å². The fraction of sp³-hybridized carbons (Fsp3) is 0.600. The zero-order chi connectivity index (χ0) is 19.1. The van der Waals surface area contributed by atoms with Crippen LogP contribution in [0.5, 0.6) is 0 Å². The van der Waals surface area contributed by atoms with Crippen LogP contribution in [0.2, 0.25) is 0 Å². The molecule has 0 bridgehead atoms. The molecule has 0 aromatic heterocycles. The maximum absolute atomic E-state index is 12.4. The molecule has 0 saturated heterocycles. The third-order valence-electron chi connectivity index (χ3n) is 3.79. The molecule has 0 heterocycles. The second-order valence-electron chi connectivity index (χ2n) is 7.68. The molecule has 0 N–H and O–H groups in total. The summed E-state index contributed by atoms with van der Waals surface area (Å²) in [6, 6.07) is 6.73. The van der Waals surface area contributed by atoms with E-state index in [4.69, 9.17) is 14.2 Å². The molecular weight excluding hydrogens is 320 g/mol. The van der Waals surface area contributed by atoms with Crippen LogP contribution in [0.4, 0.5) is 0 Å². The highest BCUT2D eigenvalue weighted by Crippen LogP contribution is 2.23. The SMILES string of the molecule is COCC(C)(C)CC(=O)c1ccc(C(=O)COC(C)(C)COC)cc1. The topological polar surface area (TPSA) is 61.8 Å². The molecule has 0 fully saturated rings. The van der Waals surface area contributed by atoms with Crippen molar-refractivity contribution >= 4 is 11.6 Å². The first-order chi connectivity index (χ1) is 11.6. The molecule has 5 heteroatoms. The van der Waals surface area contributed by atoms with Gasteiger partial charge in [0.1, 0.15) is 6.61 Å². The highest BCUT2D eigenvalue weighted by atomic mass is 16.5. The fourth-order valence-electron chi connectivity index (χ4n) is 2.55. The molecule has 0 aliphatic heterocycles. The summed E-state index contributed by atoms with van der Waals surface area (Å²) in [5.41, 5.74) is 0.385. The van der Waals surface area contributed by atoms with E-state index in [-0.39, 0.29) is 23.6 Å². The van der Waals surface area contributed by atoms with Crippen molar-refractivity contribution in [1.29, 1.82) is 0 Å². The normalized spacial score (nSPS) is 12.2. The lowest BCUT2D eigenvalue weighted by Crippen LogP contribution is -2.32. The summed E-state index contributed by atoms with van der Waals surface area (Å²) < 4.78 is 15.8. The average molecular weight is 350 g/mol. The second-order valence-corrected chi connectivity index (χ2v) is 7.68. The molecule has 0 saturated carbocycles. The Morgan fingerprint density at radius 2 is 1.32 bits per heavy atom. The zero-order valence-electron chi connectivity index (χ0n) is 16.2. The summed E-state index contributed by atoms with van der Waals surface area (Å²) in [6.45, 7) is 8.62. The molecule has 0 aliphatic carbocycles. The zero-order valence-corrected chi connectivity index (χ0v) is 16.2. The summed E-state index contributed by atoms with van der Waals surface area (Å²) in [5, 5.41) is 0. The predicted molar refractivity (Wildman–Crippen MR) is 97.3 cm³/mol. The van der Waals surface area contributed by atoms with Crippen molar-refractivity contribution in [1.82, 2.24) is 0 Å². The minimum absolute atomic E-state index is 0.0233. The van der Waals surface area contributed by atoms with Crippen LogP contribution in [0.25, 0.3) is 0 Å².